The molecule has 1 saturated carbocycles. The van der Waals surface area contributed by atoms with Gasteiger partial charge in [-0.25, -0.2) is 4.79 Å². The number of carboxylic acid groups (broad SMARTS) is 1. The second kappa shape index (κ2) is 6.01. The van der Waals surface area contributed by atoms with Gasteiger partial charge in [-0.3, -0.25) is 4.79 Å². The monoisotopic (exact) mass is 224 g/mol. The minimum absolute atomic E-state index is 0.0318. The lowest BCUT2D eigenvalue weighted by Gasteiger charge is -2.12. The van der Waals surface area contributed by atoms with E-state index in [1.54, 1.807) is 6.92 Å². The van der Waals surface area contributed by atoms with Crippen LogP contribution in [0.2, 0.25) is 0 Å². The SMILES string of the molecule is CC#CCNC(=O)N[C@H]1CC[C@@H](C(=O)O)C1. The fourth-order valence-corrected chi connectivity index (χ4v) is 1.79. The lowest BCUT2D eigenvalue weighted by molar-refractivity contribution is -0.141. The number of carboxylic acids is 1. The molecule has 0 aliphatic heterocycles. The quantitative estimate of drug-likeness (QED) is 0.613. The standard InChI is InChI=1S/C11H16N2O3/c1-2-3-6-12-11(16)13-9-5-4-8(7-9)10(14)15/h8-9H,4-7H2,1H3,(H,14,15)(H2,12,13,16)/t8-,9+/m1/s1. The van der Waals surface area contributed by atoms with Crippen LogP contribution in [-0.4, -0.2) is 29.7 Å². The normalized spacial score (nSPS) is 23.1. The van der Waals surface area contributed by atoms with Crippen LogP contribution < -0.4 is 10.6 Å². The number of hydrogen-bond acceptors (Lipinski definition) is 2. The van der Waals surface area contributed by atoms with Crippen LogP contribution in [0.5, 0.6) is 0 Å². The Balaban J connectivity index is 2.25. The fourth-order valence-electron chi connectivity index (χ4n) is 1.79. The van der Waals surface area contributed by atoms with E-state index in [2.05, 4.69) is 22.5 Å². The van der Waals surface area contributed by atoms with Crippen molar-refractivity contribution in [3.63, 3.8) is 0 Å². The first-order chi connectivity index (χ1) is 7.63. The summed E-state index contributed by atoms with van der Waals surface area (Å²) in [5, 5.41) is 14.1. The highest BCUT2D eigenvalue weighted by molar-refractivity contribution is 5.75. The maximum absolute atomic E-state index is 11.3. The van der Waals surface area contributed by atoms with Gasteiger partial charge < -0.3 is 15.7 Å². The average Bonchev–Trinajstić information content (AvgIpc) is 2.66. The van der Waals surface area contributed by atoms with Crippen molar-refractivity contribution < 1.29 is 14.7 Å². The summed E-state index contributed by atoms with van der Waals surface area (Å²) in [4.78, 5) is 22.0. The second-order valence-corrected chi connectivity index (χ2v) is 3.80. The van der Waals surface area contributed by atoms with E-state index in [9.17, 15) is 9.59 Å². The van der Waals surface area contributed by atoms with Crippen molar-refractivity contribution in [1.82, 2.24) is 10.6 Å². The van der Waals surface area contributed by atoms with E-state index in [0.717, 1.165) is 6.42 Å². The number of carbonyl (C=O) groups excluding carboxylic acids is 1. The van der Waals surface area contributed by atoms with Gasteiger partial charge in [0, 0.05) is 6.04 Å². The van der Waals surface area contributed by atoms with E-state index in [4.69, 9.17) is 5.11 Å². The second-order valence-electron chi connectivity index (χ2n) is 3.80. The number of nitrogens with one attached hydrogen (secondary N) is 2. The molecular weight excluding hydrogens is 208 g/mol. The zero-order chi connectivity index (χ0) is 12.0. The Kier molecular flexibility index (Phi) is 4.65. The first-order valence-corrected chi connectivity index (χ1v) is 5.30. The summed E-state index contributed by atoms with van der Waals surface area (Å²) >= 11 is 0. The minimum Gasteiger partial charge on any atom is -0.481 e. The maximum atomic E-state index is 11.3. The molecule has 0 bridgehead atoms. The van der Waals surface area contributed by atoms with Crippen LogP contribution in [0, 0.1) is 17.8 Å². The molecule has 0 unspecified atom stereocenters. The zero-order valence-corrected chi connectivity index (χ0v) is 9.25. The van der Waals surface area contributed by atoms with Crippen LogP contribution in [0.1, 0.15) is 26.2 Å². The summed E-state index contributed by atoms with van der Waals surface area (Å²) in [5.74, 6) is 4.29. The van der Waals surface area contributed by atoms with Gasteiger partial charge in [0.2, 0.25) is 0 Å². The van der Waals surface area contributed by atoms with E-state index in [1.807, 2.05) is 0 Å². The highest BCUT2D eigenvalue weighted by atomic mass is 16.4. The molecule has 1 rings (SSSR count). The molecule has 88 valence electrons. The summed E-state index contributed by atoms with van der Waals surface area (Å²) in [7, 11) is 0. The predicted molar refractivity (Wildman–Crippen MR) is 58.7 cm³/mol. The molecule has 0 spiro atoms. The lowest BCUT2D eigenvalue weighted by atomic mass is 10.1. The van der Waals surface area contributed by atoms with Crippen molar-refractivity contribution in [2.45, 2.75) is 32.2 Å². The number of rotatable bonds is 3. The molecule has 5 nitrogen and oxygen atoms in total. The molecular formula is C11H16N2O3. The molecule has 0 aromatic carbocycles. The number of aliphatic carboxylic acids is 1. The van der Waals surface area contributed by atoms with Crippen LogP contribution in [0.25, 0.3) is 0 Å². The van der Waals surface area contributed by atoms with E-state index in [-0.39, 0.29) is 18.0 Å². The largest absolute Gasteiger partial charge is 0.481 e. The third kappa shape index (κ3) is 3.81. The van der Waals surface area contributed by atoms with Crippen molar-refractivity contribution in [3.8, 4) is 11.8 Å². The van der Waals surface area contributed by atoms with E-state index in [1.165, 1.54) is 0 Å². The molecule has 3 N–H and O–H groups in total. The molecule has 5 heteroatoms. The zero-order valence-electron chi connectivity index (χ0n) is 9.25. The van der Waals surface area contributed by atoms with Gasteiger partial charge in [0.25, 0.3) is 0 Å². The van der Waals surface area contributed by atoms with Gasteiger partial charge in [0.05, 0.1) is 12.5 Å². The van der Waals surface area contributed by atoms with Crippen LogP contribution in [0.15, 0.2) is 0 Å². The van der Waals surface area contributed by atoms with Crippen molar-refractivity contribution in [1.29, 1.82) is 0 Å². The molecule has 1 aliphatic rings. The Bertz CT molecular complexity index is 330. The summed E-state index contributed by atoms with van der Waals surface area (Å²) in [6, 6.07) is -0.311. The maximum Gasteiger partial charge on any atom is 0.315 e. The molecule has 0 saturated heterocycles. The first kappa shape index (κ1) is 12.4. The van der Waals surface area contributed by atoms with Crippen molar-refractivity contribution >= 4 is 12.0 Å². The van der Waals surface area contributed by atoms with Crippen molar-refractivity contribution in [2.75, 3.05) is 6.54 Å². The van der Waals surface area contributed by atoms with Gasteiger partial charge in [0.1, 0.15) is 0 Å². The Morgan fingerprint density at radius 2 is 2.19 bits per heavy atom. The van der Waals surface area contributed by atoms with Gasteiger partial charge in [0.15, 0.2) is 0 Å². The lowest BCUT2D eigenvalue weighted by Crippen LogP contribution is -2.41. The van der Waals surface area contributed by atoms with Gasteiger partial charge in [-0.15, -0.1) is 5.92 Å². The van der Waals surface area contributed by atoms with Crippen molar-refractivity contribution in [2.24, 2.45) is 5.92 Å². The molecule has 2 atom stereocenters. The third-order valence-electron chi connectivity index (χ3n) is 2.63. The molecule has 0 aromatic rings. The summed E-state index contributed by atoms with van der Waals surface area (Å²) < 4.78 is 0. The molecule has 16 heavy (non-hydrogen) atoms. The highest BCUT2D eigenvalue weighted by Crippen LogP contribution is 2.25. The molecule has 0 aromatic heterocycles. The van der Waals surface area contributed by atoms with E-state index < -0.39 is 5.97 Å². The highest BCUT2D eigenvalue weighted by Gasteiger charge is 2.30. The van der Waals surface area contributed by atoms with Gasteiger partial charge >= 0.3 is 12.0 Å². The minimum atomic E-state index is -0.776. The number of amides is 2. The van der Waals surface area contributed by atoms with Crippen LogP contribution in [0.3, 0.4) is 0 Å². The summed E-state index contributed by atoms with van der Waals surface area (Å²) in [6.07, 6.45) is 1.88. The number of urea groups is 1. The number of hydrogen-bond donors (Lipinski definition) is 3. The van der Waals surface area contributed by atoms with E-state index >= 15 is 0 Å². The summed E-state index contributed by atoms with van der Waals surface area (Å²) in [5.41, 5.74) is 0. The van der Waals surface area contributed by atoms with Gasteiger partial charge in [-0.2, -0.15) is 0 Å². The van der Waals surface area contributed by atoms with Gasteiger partial charge in [-0.1, -0.05) is 5.92 Å². The molecule has 0 heterocycles. The smallest absolute Gasteiger partial charge is 0.315 e. The molecule has 0 radical (unpaired) electrons. The average molecular weight is 224 g/mol. The Morgan fingerprint density at radius 3 is 2.75 bits per heavy atom. The van der Waals surface area contributed by atoms with Gasteiger partial charge in [-0.05, 0) is 26.2 Å². The van der Waals surface area contributed by atoms with Crippen molar-refractivity contribution in [3.05, 3.63) is 0 Å². The molecule has 2 amide bonds. The van der Waals surface area contributed by atoms with Crippen LogP contribution >= 0.6 is 0 Å². The van der Waals surface area contributed by atoms with Crippen LogP contribution in [0.4, 0.5) is 4.79 Å². The Hall–Kier alpha value is -1.70. The predicted octanol–water partition coefficient (Wildman–Crippen LogP) is 0.562. The number of carbonyl (C=O) groups is 2. The van der Waals surface area contributed by atoms with E-state index in [0.29, 0.717) is 19.4 Å². The first-order valence-electron chi connectivity index (χ1n) is 5.30. The molecule has 1 fully saturated rings. The van der Waals surface area contributed by atoms with Crippen LogP contribution in [-0.2, 0) is 4.79 Å². The fraction of sp³-hybridized carbons (Fsp3) is 0.636. The summed E-state index contributed by atoms with van der Waals surface area (Å²) in [6.45, 7) is 2.02. The topological polar surface area (TPSA) is 78.4 Å². The Labute approximate surface area is 94.6 Å². The third-order valence-corrected chi connectivity index (χ3v) is 2.63. The Morgan fingerprint density at radius 1 is 1.44 bits per heavy atom. The molecule has 1 aliphatic carbocycles.